The molecule has 1 aliphatic carbocycles. The molecule has 1 fully saturated rings. The van der Waals surface area contributed by atoms with E-state index in [0.717, 1.165) is 17.7 Å². The zero-order valence-corrected chi connectivity index (χ0v) is 14.1. The van der Waals surface area contributed by atoms with Crippen LogP contribution in [0.5, 0.6) is 5.75 Å². The Morgan fingerprint density at radius 2 is 2.24 bits per heavy atom. The molecule has 2 heterocycles. The predicted molar refractivity (Wildman–Crippen MR) is 88.0 cm³/mol. The fourth-order valence-electron chi connectivity index (χ4n) is 3.56. The monoisotopic (exact) mass is 343 g/mol. The van der Waals surface area contributed by atoms with Crippen molar-refractivity contribution >= 4 is 5.91 Å². The van der Waals surface area contributed by atoms with Crippen LogP contribution in [-0.4, -0.2) is 34.0 Å². The third-order valence-electron chi connectivity index (χ3n) is 5.08. The van der Waals surface area contributed by atoms with Crippen molar-refractivity contribution in [2.75, 3.05) is 6.61 Å². The van der Waals surface area contributed by atoms with E-state index in [2.05, 4.69) is 26.3 Å². The minimum absolute atomic E-state index is 0.123. The van der Waals surface area contributed by atoms with Gasteiger partial charge in [-0.25, -0.2) is 4.63 Å². The first-order valence-corrected chi connectivity index (χ1v) is 8.61. The lowest BCUT2D eigenvalue weighted by atomic mass is 9.74. The summed E-state index contributed by atoms with van der Waals surface area (Å²) in [6.07, 6.45) is 2.14. The maximum atomic E-state index is 12.5. The number of carbonyl (C=O) groups excluding carboxylic acids is 1. The normalized spacial score (nSPS) is 22.6. The van der Waals surface area contributed by atoms with E-state index in [1.165, 1.54) is 5.56 Å². The number of aliphatic hydroxyl groups excluding tert-OH is 1. The number of nitrogens with one attached hydrogen (secondary N) is 1. The molecule has 1 saturated carbocycles. The van der Waals surface area contributed by atoms with Gasteiger partial charge in [0.1, 0.15) is 17.1 Å². The van der Waals surface area contributed by atoms with Crippen LogP contribution in [0.1, 0.15) is 41.4 Å². The van der Waals surface area contributed by atoms with E-state index in [1.807, 2.05) is 12.1 Å². The Balaban J connectivity index is 1.52. The number of aliphatic hydroxyl groups is 1. The van der Waals surface area contributed by atoms with Gasteiger partial charge in [0, 0.05) is 6.42 Å². The van der Waals surface area contributed by atoms with Gasteiger partial charge in [-0.15, -0.1) is 0 Å². The highest BCUT2D eigenvalue weighted by Gasteiger charge is 2.36. The second-order valence-corrected chi connectivity index (χ2v) is 6.87. The second kappa shape index (κ2) is 6.48. The molecule has 2 N–H and O–H groups in total. The van der Waals surface area contributed by atoms with Crippen LogP contribution in [0.25, 0.3) is 0 Å². The number of hydrogen-bond acceptors (Lipinski definition) is 6. The first kappa shape index (κ1) is 16.1. The van der Waals surface area contributed by atoms with Crippen LogP contribution in [0.4, 0.5) is 0 Å². The highest BCUT2D eigenvalue weighted by molar-refractivity contribution is 5.78. The summed E-state index contributed by atoms with van der Waals surface area (Å²) in [6.45, 7) is 2.47. The number of carbonyl (C=O) groups is 1. The van der Waals surface area contributed by atoms with Crippen molar-refractivity contribution < 1.29 is 19.3 Å². The minimum Gasteiger partial charge on any atom is -0.493 e. The maximum Gasteiger partial charge on any atom is 0.226 e. The van der Waals surface area contributed by atoms with E-state index >= 15 is 0 Å². The molecule has 0 spiro atoms. The SMILES string of the molecule is Cc1nonc1CC(=O)N[C@H](c1ccc2c(c1)CCO2)C1CC(O)C1. The van der Waals surface area contributed by atoms with Gasteiger partial charge in [-0.2, -0.15) is 0 Å². The van der Waals surface area contributed by atoms with E-state index in [9.17, 15) is 9.90 Å². The Morgan fingerprint density at radius 3 is 2.96 bits per heavy atom. The molecule has 0 radical (unpaired) electrons. The van der Waals surface area contributed by atoms with Gasteiger partial charge in [0.25, 0.3) is 0 Å². The molecule has 132 valence electrons. The molecule has 2 aliphatic rings. The van der Waals surface area contributed by atoms with Gasteiger partial charge in [0.15, 0.2) is 0 Å². The summed E-state index contributed by atoms with van der Waals surface area (Å²) in [5, 5.41) is 20.3. The molecule has 2 aromatic rings. The largest absolute Gasteiger partial charge is 0.493 e. The Morgan fingerprint density at radius 1 is 1.40 bits per heavy atom. The number of aromatic nitrogens is 2. The number of hydrogen-bond donors (Lipinski definition) is 2. The molecule has 0 bridgehead atoms. The Bertz CT molecular complexity index is 782. The van der Waals surface area contributed by atoms with Crippen molar-refractivity contribution in [1.29, 1.82) is 0 Å². The van der Waals surface area contributed by atoms with Crippen molar-refractivity contribution in [2.24, 2.45) is 5.92 Å². The highest BCUT2D eigenvalue weighted by Crippen LogP contribution is 2.39. The van der Waals surface area contributed by atoms with Crippen LogP contribution in [0, 0.1) is 12.8 Å². The Labute approximate surface area is 145 Å². The molecule has 0 saturated heterocycles. The number of fused-ring (bicyclic) bond motifs is 1. The zero-order valence-electron chi connectivity index (χ0n) is 14.1. The Hall–Kier alpha value is -2.41. The van der Waals surface area contributed by atoms with Gasteiger partial charge >= 0.3 is 0 Å². The van der Waals surface area contributed by atoms with E-state index in [0.29, 0.717) is 30.8 Å². The van der Waals surface area contributed by atoms with Gasteiger partial charge in [-0.1, -0.05) is 16.4 Å². The molecular weight excluding hydrogens is 322 g/mol. The lowest BCUT2D eigenvalue weighted by molar-refractivity contribution is -0.122. The number of amides is 1. The molecule has 7 heteroatoms. The van der Waals surface area contributed by atoms with Crippen molar-refractivity contribution in [2.45, 2.75) is 44.8 Å². The number of benzene rings is 1. The number of ether oxygens (including phenoxy) is 1. The van der Waals surface area contributed by atoms with Crippen LogP contribution in [0.3, 0.4) is 0 Å². The van der Waals surface area contributed by atoms with Crippen LogP contribution >= 0.6 is 0 Å². The molecule has 1 aliphatic heterocycles. The molecule has 1 atom stereocenters. The van der Waals surface area contributed by atoms with Gasteiger partial charge < -0.3 is 15.2 Å². The predicted octanol–water partition coefficient (Wildman–Crippen LogP) is 1.48. The number of nitrogens with zero attached hydrogens (tertiary/aromatic N) is 2. The van der Waals surface area contributed by atoms with Gasteiger partial charge in [0.2, 0.25) is 5.91 Å². The second-order valence-electron chi connectivity index (χ2n) is 6.87. The third kappa shape index (κ3) is 3.24. The summed E-state index contributed by atoms with van der Waals surface area (Å²) in [5.74, 6) is 1.03. The van der Waals surface area contributed by atoms with Crippen molar-refractivity contribution in [3.8, 4) is 5.75 Å². The van der Waals surface area contributed by atoms with Crippen LogP contribution < -0.4 is 10.1 Å². The van der Waals surface area contributed by atoms with Gasteiger partial charge in [-0.05, 0) is 48.9 Å². The Kier molecular flexibility index (Phi) is 4.17. The van der Waals surface area contributed by atoms with Crippen molar-refractivity contribution in [3.63, 3.8) is 0 Å². The summed E-state index contributed by atoms with van der Waals surface area (Å²) in [5.41, 5.74) is 3.41. The van der Waals surface area contributed by atoms with Crippen molar-refractivity contribution in [3.05, 3.63) is 40.7 Å². The van der Waals surface area contributed by atoms with Crippen molar-refractivity contribution in [1.82, 2.24) is 15.6 Å². The summed E-state index contributed by atoms with van der Waals surface area (Å²) in [4.78, 5) is 12.5. The average molecular weight is 343 g/mol. The molecule has 1 amide bonds. The lowest BCUT2D eigenvalue weighted by Gasteiger charge is -2.38. The third-order valence-corrected chi connectivity index (χ3v) is 5.08. The summed E-state index contributed by atoms with van der Waals surface area (Å²) in [7, 11) is 0. The summed E-state index contributed by atoms with van der Waals surface area (Å²) in [6, 6.07) is 5.96. The first-order valence-electron chi connectivity index (χ1n) is 8.61. The fraction of sp³-hybridized carbons (Fsp3) is 0.500. The number of aryl methyl sites for hydroxylation is 1. The summed E-state index contributed by atoms with van der Waals surface area (Å²) < 4.78 is 10.2. The molecule has 1 aromatic heterocycles. The molecule has 4 rings (SSSR count). The first-order chi connectivity index (χ1) is 12.1. The zero-order chi connectivity index (χ0) is 17.4. The molecule has 7 nitrogen and oxygen atoms in total. The lowest BCUT2D eigenvalue weighted by Crippen LogP contribution is -2.42. The van der Waals surface area contributed by atoms with Crippen LogP contribution in [0.2, 0.25) is 0 Å². The topological polar surface area (TPSA) is 97.5 Å². The van der Waals surface area contributed by atoms with Gasteiger partial charge in [-0.3, -0.25) is 4.79 Å². The van der Waals surface area contributed by atoms with E-state index < -0.39 is 0 Å². The molecule has 1 aromatic carbocycles. The minimum atomic E-state index is -0.274. The van der Waals surface area contributed by atoms with Crippen LogP contribution in [0.15, 0.2) is 22.8 Å². The standard InChI is InChI=1S/C18H21N3O4/c1-10-15(21-25-20-10)9-17(23)19-18(13-7-14(22)8-13)12-2-3-16-11(6-12)4-5-24-16/h2-3,6,13-14,18,22H,4-5,7-9H2,1H3,(H,19,23)/t13?,14?,18-/m1/s1. The smallest absolute Gasteiger partial charge is 0.226 e. The van der Waals surface area contributed by atoms with E-state index in [-0.39, 0.29) is 30.4 Å². The van der Waals surface area contributed by atoms with Crippen LogP contribution in [-0.2, 0) is 17.6 Å². The van der Waals surface area contributed by atoms with E-state index in [4.69, 9.17) is 4.74 Å². The quantitative estimate of drug-likeness (QED) is 0.853. The van der Waals surface area contributed by atoms with Gasteiger partial charge in [0.05, 0.1) is 25.2 Å². The van der Waals surface area contributed by atoms with E-state index in [1.54, 1.807) is 6.92 Å². The maximum absolute atomic E-state index is 12.5. The molecule has 25 heavy (non-hydrogen) atoms. The summed E-state index contributed by atoms with van der Waals surface area (Å²) >= 11 is 0. The molecule has 0 unspecified atom stereocenters. The average Bonchev–Trinajstić information content (AvgIpc) is 3.18. The highest BCUT2D eigenvalue weighted by atomic mass is 16.6. The molecular formula is C18H21N3O4. The number of rotatable bonds is 5. The fourth-order valence-corrected chi connectivity index (χ4v) is 3.56.